The largest absolute Gasteiger partial charge is 0.452 e. The molecule has 148 valence electrons. The number of nitrogens with one attached hydrogen (secondary N) is 2. The van der Waals surface area contributed by atoms with Crippen molar-refractivity contribution in [3.05, 3.63) is 29.8 Å². The minimum absolute atomic E-state index is 0.0272. The summed E-state index contributed by atoms with van der Waals surface area (Å²) in [5, 5.41) is 5.01. The number of hydrogen-bond donors (Lipinski definition) is 2. The summed E-state index contributed by atoms with van der Waals surface area (Å²) in [7, 11) is 3.31. The molecule has 8 nitrogen and oxygen atoms in total. The van der Waals surface area contributed by atoms with Gasteiger partial charge in [-0.25, -0.2) is 4.79 Å². The van der Waals surface area contributed by atoms with Gasteiger partial charge >= 0.3 is 5.97 Å². The third kappa shape index (κ3) is 8.59. The second-order valence-corrected chi connectivity index (χ2v) is 7.17. The minimum atomic E-state index is -0.669. The first-order valence-corrected chi connectivity index (χ1v) is 9.34. The molecule has 1 rings (SSSR count). The molecule has 0 spiro atoms. The van der Waals surface area contributed by atoms with Gasteiger partial charge in [0.1, 0.15) is 0 Å². The predicted octanol–water partition coefficient (Wildman–Crippen LogP) is 0.665. The molecule has 0 atom stereocenters. The van der Waals surface area contributed by atoms with Gasteiger partial charge in [0.05, 0.1) is 17.9 Å². The average molecular weight is 395 g/mol. The quantitative estimate of drug-likeness (QED) is 0.470. The van der Waals surface area contributed by atoms with E-state index in [0.717, 1.165) is 0 Å². The van der Waals surface area contributed by atoms with E-state index in [-0.39, 0.29) is 35.7 Å². The van der Waals surface area contributed by atoms with Crippen molar-refractivity contribution in [2.24, 2.45) is 0 Å². The first-order chi connectivity index (χ1) is 12.7. The number of carbonyl (C=O) groups is 4. The first kappa shape index (κ1) is 22.5. The summed E-state index contributed by atoms with van der Waals surface area (Å²) >= 11 is 1.22. The van der Waals surface area contributed by atoms with Crippen molar-refractivity contribution in [2.45, 2.75) is 24.8 Å². The van der Waals surface area contributed by atoms with Crippen LogP contribution in [0.1, 0.15) is 24.2 Å². The van der Waals surface area contributed by atoms with Crippen LogP contribution in [0, 0.1) is 0 Å². The normalized spacial score (nSPS) is 10.3. The smallest absolute Gasteiger partial charge is 0.339 e. The van der Waals surface area contributed by atoms with Gasteiger partial charge in [-0.15, -0.1) is 11.8 Å². The van der Waals surface area contributed by atoms with E-state index >= 15 is 0 Å². The maximum absolute atomic E-state index is 12.2. The SMILES string of the molecule is CC(C)NC(=O)CNC(=O)COC(=O)c1ccccc1SCC(=O)N(C)C. The Balaban J connectivity index is 2.54. The number of carbonyl (C=O) groups excluding carboxylic acids is 4. The Kier molecular flexibility index (Phi) is 9.35. The van der Waals surface area contributed by atoms with E-state index in [1.165, 1.54) is 16.7 Å². The van der Waals surface area contributed by atoms with Crippen molar-refractivity contribution >= 4 is 35.5 Å². The highest BCUT2D eigenvalue weighted by molar-refractivity contribution is 8.00. The molecular formula is C18H25N3O5S. The van der Waals surface area contributed by atoms with Crippen LogP contribution in [-0.4, -0.2) is 67.6 Å². The van der Waals surface area contributed by atoms with Gasteiger partial charge in [-0.2, -0.15) is 0 Å². The molecule has 0 aliphatic heterocycles. The Labute approximate surface area is 163 Å². The van der Waals surface area contributed by atoms with Crippen molar-refractivity contribution in [1.29, 1.82) is 0 Å². The topological polar surface area (TPSA) is 105 Å². The number of benzene rings is 1. The monoisotopic (exact) mass is 395 g/mol. The van der Waals surface area contributed by atoms with E-state index < -0.39 is 18.5 Å². The number of rotatable bonds is 9. The molecule has 0 aromatic heterocycles. The van der Waals surface area contributed by atoms with Gasteiger partial charge in [0, 0.05) is 25.0 Å². The third-order valence-electron chi connectivity index (χ3n) is 3.19. The molecule has 0 unspecified atom stereocenters. The molecule has 0 saturated heterocycles. The van der Waals surface area contributed by atoms with Gasteiger partial charge < -0.3 is 20.3 Å². The van der Waals surface area contributed by atoms with Crippen LogP contribution in [0.25, 0.3) is 0 Å². The molecule has 0 radical (unpaired) electrons. The lowest BCUT2D eigenvalue weighted by atomic mass is 10.2. The molecule has 1 aromatic carbocycles. The zero-order valence-electron chi connectivity index (χ0n) is 15.9. The zero-order chi connectivity index (χ0) is 20.4. The lowest BCUT2D eigenvalue weighted by molar-refractivity contribution is -0.128. The van der Waals surface area contributed by atoms with Gasteiger partial charge in [-0.05, 0) is 26.0 Å². The molecule has 9 heteroatoms. The summed E-state index contributed by atoms with van der Waals surface area (Å²) in [6, 6.07) is 6.67. The zero-order valence-corrected chi connectivity index (χ0v) is 16.7. The van der Waals surface area contributed by atoms with Gasteiger partial charge in [-0.1, -0.05) is 12.1 Å². The molecule has 0 aliphatic rings. The molecule has 3 amide bonds. The van der Waals surface area contributed by atoms with Crippen LogP contribution in [0.15, 0.2) is 29.2 Å². The lowest BCUT2D eigenvalue weighted by Gasteiger charge is -2.12. The molecule has 0 fully saturated rings. The molecule has 0 heterocycles. The molecule has 1 aromatic rings. The van der Waals surface area contributed by atoms with E-state index in [2.05, 4.69) is 10.6 Å². The molecule has 2 N–H and O–H groups in total. The highest BCUT2D eigenvalue weighted by atomic mass is 32.2. The van der Waals surface area contributed by atoms with Crippen molar-refractivity contribution < 1.29 is 23.9 Å². The Bertz CT molecular complexity index is 691. The lowest BCUT2D eigenvalue weighted by Crippen LogP contribution is -2.41. The standard InChI is InChI=1S/C18H25N3O5S/c1-12(2)20-15(22)9-19-16(23)10-26-18(25)13-7-5-6-8-14(13)27-11-17(24)21(3)4/h5-8,12H,9-11H2,1-4H3,(H,19,23)(H,20,22). The van der Waals surface area contributed by atoms with Gasteiger partial charge in [0.2, 0.25) is 11.8 Å². The molecule has 27 heavy (non-hydrogen) atoms. The van der Waals surface area contributed by atoms with Crippen LogP contribution in [0.5, 0.6) is 0 Å². The Morgan fingerprint density at radius 2 is 1.78 bits per heavy atom. The summed E-state index contributed by atoms with van der Waals surface area (Å²) in [6.45, 7) is 2.93. The number of thioether (sulfide) groups is 1. The Morgan fingerprint density at radius 1 is 1.11 bits per heavy atom. The average Bonchev–Trinajstić information content (AvgIpc) is 2.61. The minimum Gasteiger partial charge on any atom is -0.452 e. The maximum Gasteiger partial charge on any atom is 0.339 e. The number of nitrogens with zero attached hydrogens (tertiary/aromatic N) is 1. The van der Waals surface area contributed by atoms with Gasteiger partial charge in [-0.3, -0.25) is 14.4 Å². The highest BCUT2D eigenvalue weighted by Crippen LogP contribution is 2.23. The number of ether oxygens (including phenoxy) is 1. The highest BCUT2D eigenvalue weighted by Gasteiger charge is 2.16. The van der Waals surface area contributed by atoms with Crippen LogP contribution in [0.4, 0.5) is 0 Å². The van der Waals surface area contributed by atoms with Crippen LogP contribution in [0.3, 0.4) is 0 Å². The van der Waals surface area contributed by atoms with Crippen molar-refractivity contribution in [1.82, 2.24) is 15.5 Å². The summed E-state index contributed by atoms with van der Waals surface area (Å²) in [5.74, 6) is -1.46. The fraction of sp³-hybridized carbons (Fsp3) is 0.444. The Morgan fingerprint density at radius 3 is 2.41 bits per heavy atom. The van der Waals surface area contributed by atoms with E-state index in [1.54, 1.807) is 38.4 Å². The number of hydrogen-bond acceptors (Lipinski definition) is 6. The van der Waals surface area contributed by atoms with Crippen LogP contribution in [-0.2, 0) is 19.1 Å². The van der Waals surface area contributed by atoms with Crippen LogP contribution in [0.2, 0.25) is 0 Å². The second-order valence-electron chi connectivity index (χ2n) is 6.15. The fourth-order valence-corrected chi connectivity index (χ4v) is 2.86. The summed E-state index contributed by atoms with van der Waals surface area (Å²) < 4.78 is 5.01. The number of amides is 3. The number of esters is 1. The van der Waals surface area contributed by atoms with Crippen LogP contribution < -0.4 is 10.6 Å². The van der Waals surface area contributed by atoms with Gasteiger partial charge in [0.25, 0.3) is 5.91 Å². The fourth-order valence-electron chi connectivity index (χ4n) is 1.84. The maximum atomic E-state index is 12.2. The summed E-state index contributed by atoms with van der Waals surface area (Å²) in [4.78, 5) is 49.2. The van der Waals surface area contributed by atoms with E-state index in [9.17, 15) is 19.2 Å². The second kappa shape index (κ2) is 11.2. The van der Waals surface area contributed by atoms with Crippen molar-refractivity contribution in [2.75, 3.05) is 33.0 Å². The molecule has 0 aliphatic carbocycles. The first-order valence-electron chi connectivity index (χ1n) is 8.36. The predicted molar refractivity (Wildman–Crippen MR) is 102 cm³/mol. The third-order valence-corrected chi connectivity index (χ3v) is 4.25. The van der Waals surface area contributed by atoms with E-state index in [1.807, 2.05) is 13.8 Å². The summed E-state index contributed by atoms with van der Waals surface area (Å²) in [5.41, 5.74) is 0.277. The van der Waals surface area contributed by atoms with Gasteiger partial charge in [0.15, 0.2) is 6.61 Å². The van der Waals surface area contributed by atoms with Crippen LogP contribution >= 0.6 is 11.8 Å². The molecular weight excluding hydrogens is 370 g/mol. The molecule has 0 saturated carbocycles. The van der Waals surface area contributed by atoms with E-state index in [0.29, 0.717) is 4.90 Å². The van der Waals surface area contributed by atoms with Crippen molar-refractivity contribution in [3.8, 4) is 0 Å². The van der Waals surface area contributed by atoms with Crippen molar-refractivity contribution in [3.63, 3.8) is 0 Å². The Hall–Kier alpha value is -2.55. The van der Waals surface area contributed by atoms with E-state index in [4.69, 9.17) is 4.74 Å². The molecule has 0 bridgehead atoms. The summed E-state index contributed by atoms with van der Waals surface area (Å²) in [6.07, 6.45) is 0.